The summed E-state index contributed by atoms with van der Waals surface area (Å²) in [5.41, 5.74) is 0.0850. The third-order valence-corrected chi connectivity index (χ3v) is 10.6. The van der Waals surface area contributed by atoms with E-state index in [2.05, 4.69) is 10.6 Å². The minimum Gasteiger partial charge on any atom is -0.444 e. The van der Waals surface area contributed by atoms with E-state index in [0.717, 1.165) is 5.56 Å². The van der Waals surface area contributed by atoms with Gasteiger partial charge in [-0.3, -0.25) is 14.4 Å². The van der Waals surface area contributed by atoms with E-state index in [0.29, 0.717) is 25.8 Å². The summed E-state index contributed by atoms with van der Waals surface area (Å²) in [7, 11) is 1.99. The zero-order valence-electron chi connectivity index (χ0n) is 32.4. The molecule has 1 aliphatic heterocycles. The molecule has 13 nitrogen and oxygen atoms in total. The lowest BCUT2D eigenvalue weighted by atomic mass is 9.89. The lowest BCUT2D eigenvalue weighted by Crippen LogP contribution is -2.58. The van der Waals surface area contributed by atoms with Gasteiger partial charge in [-0.05, 0) is 55.6 Å². The second-order valence-corrected chi connectivity index (χ2v) is 16.2. The van der Waals surface area contributed by atoms with Crippen molar-refractivity contribution in [2.45, 2.75) is 129 Å². The minimum atomic E-state index is -2.71. The SMILES string of the molecule is CC[C@H](C)[C@@H]([C@@H](CC(=O)N1CCCC1[C@H](OC)[C@@H](C)C(=O)N[C@@H](Cc1ccccc1)[P+](=O)O)OC)N(C)C(=O)C(NC(=O)OC(C)(C)C)C(C)C. The van der Waals surface area contributed by atoms with E-state index >= 15 is 0 Å². The molecular weight excluding hydrogens is 675 g/mol. The van der Waals surface area contributed by atoms with Crippen molar-refractivity contribution in [1.29, 1.82) is 0 Å². The highest BCUT2D eigenvalue weighted by Gasteiger charge is 2.44. The van der Waals surface area contributed by atoms with Crippen LogP contribution in [-0.2, 0) is 39.6 Å². The summed E-state index contributed by atoms with van der Waals surface area (Å²) in [6.07, 6.45) is 0.170. The summed E-state index contributed by atoms with van der Waals surface area (Å²) in [4.78, 5) is 67.5. The molecule has 2 rings (SSSR count). The van der Waals surface area contributed by atoms with Gasteiger partial charge in [0.25, 0.3) is 5.78 Å². The van der Waals surface area contributed by atoms with Gasteiger partial charge in [-0.15, -0.1) is 0 Å². The van der Waals surface area contributed by atoms with Crippen LogP contribution in [0.3, 0.4) is 0 Å². The van der Waals surface area contributed by atoms with Crippen molar-refractivity contribution in [3.8, 4) is 0 Å². The Labute approximate surface area is 305 Å². The molecule has 3 unspecified atom stereocenters. The molecule has 9 atom stereocenters. The second-order valence-electron chi connectivity index (χ2n) is 15.0. The van der Waals surface area contributed by atoms with Crippen molar-refractivity contribution in [1.82, 2.24) is 20.4 Å². The number of ether oxygens (including phenoxy) is 3. The quantitative estimate of drug-likeness (QED) is 0.178. The first kappa shape index (κ1) is 44.0. The zero-order chi connectivity index (χ0) is 38.6. The normalized spacial score (nSPS) is 19.3. The number of likely N-dealkylation sites (tertiary alicyclic amines) is 1. The van der Waals surface area contributed by atoms with Gasteiger partial charge in [0.05, 0.1) is 36.6 Å². The van der Waals surface area contributed by atoms with Crippen LogP contribution >= 0.6 is 8.03 Å². The Kier molecular flexibility index (Phi) is 17.5. The molecule has 288 valence electrons. The van der Waals surface area contributed by atoms with E-state index in [1.807, 2.05) is 58.0 Å². The van der Waals surface area contributed by atoms with Crippen LogP contribution in [0, 0.1) is 17.8 Å². The van der Waals surface area contributed by atoms with Crippen molar-refractivity contribution in [3.05, 3.63) is 35.9 Å². The van der Waals surface area contributed by atoms with Gasteiger partial charge in [-0.1, -0.05) is 71.4 Å². The number of likely N-dealkylation sites (N-methyl/N-ethyl adjacent to an activating group) is 1. The molecule has 51 heavy (non-hydrogen) atoms. The Bertz CT molecular complexity index is 1310. The van der Waals surface area contributed by atoms with E-state index in [-0.39, 0.29) is 36.5 Å². The molecule has 1 fully saturated rings. The van der Waals surface area contributed by atoms with E-state index in [4.69, 9.17) is 14.2 Å². The first-order valence-corrected chi connectivity index (χ1v) is 19.3. The topological polar surface area (TPSA) is 164 Å². The van der Waals surface area contributed by atoms with Gasteiger partial charge in [0.2, 0.25) is 17.7 Å². The monoisotopic (exact) mass is 737 g/mol. The Hall–Kier alpha value is -3.12. The number of alkyl carbamates (subject to hydrolysis) is 1. The van der Waals surface area contributed by atoms with Gasteiger partial charge in [0.1, 0.15) is 11.6 Å². The summed E-state index contributed by atoms with van der Waals surface area (Å²) in [5, 5.41) is 5.47. The van der Waals surface area contributed by atoms with Gasteiger partial charge in [0.15, 0.2) is 0 Å². The third-order valence-electron chi connectivity index (χ3n) is 9.71. The maximum Gasteiger partial charge on any atom is 0.531 e. The Balaban J connectivity index is 2.25. The molecule has 1 aromatic carbocycles. The molecule has 0 saturated carbocycles. The highest BCUT2D eigenvalue weighted by atomic mass is 31.1. The number of nitrogens with one attached hydrogen (secondary N) is 2. The number of hydrogen-bond donors (Lipinski definition) is 3. The maximum absolute atomic E-state index is 14.1. The fraction of sp³-hybridized carbons (Fsp3) is 0.730. The molecular formula is C37H62N4O9P+. The van der Waals surface area contributed by atoms with E-state index in [9.17, 15) is 28.6 Å². The Morgan fingerprint density at radius 2 is 1.67 bits per heavy atom. The van der Waals surface area contributed by atoms with Gasteiger partial charge >= 0.3 is 14.1 Å². The molecule has 1 saturated heterocycles. The van der Waals surface area contributed by atoms with Crippen LogP contribution in [0.25, 0.3) is 0 Å². The lowest BCUT2D eigenvalue weighted by molar-refractivity contribution is -0.147. The largest absolute Gasteiger partial charge is 0.531 e. The highest BCUT2D eigenvalue weighted by Crippen LogP contribution is 2.31. The molecule has 3 N–H and O–H groups in total. The molecule has 1 aromatic rings. The summed E-state index contributed by atoms with van der Waals surface area (Å²) in [6, 6.07) is 7.39. The van der Waals surface area contributed by atoms with Crippen molar-refractivity contribution in [3.63, 3.8) is 0 Å². The average molecular weight is 738 g/mol. The number of amides is 4. The first-order chi connectivity index (χ1) is 23.9. The number of nitrogens with zero attached hydrogens (tertiary/aromatic N) is 2. The van der Waals surface area contributed by atoms with E-state index in [1.165, 1.54) is 14.2 Å². The molecule has 4 amide bonds. The summed E-state index contributed by atoms with van der Waals surface area (Å²) in [6.45, 7) is 15.1. The van der Waals surface area contributed by atoms with Crippen LogP contribution < -0.4 is 10.6 Å². The maximum atomic E-state index is 14.1. The molecule has 1 aliphatic rings. The summed E-state index contributed by atoms with van der Waals surface area (Å²) in [5.74, 6) is -2.96. The standard InChI is InChI=1S/C37H61N4O9P/c1-12-24(4)32(40(9)35(44)31(23(2)3)39-36(45)50-37(6,7)8)28(48-10)22-30(42)41-20-16-19-27(41)33(49-11)25(5)34(43)38-29(51(46)47)21-26-17-14-13-15-18-26/h13-15,17-18,23-25,27-29,31-33H,12,16,19-22H2,1-11H3,(H2-,38,39,43,45,46,47)/p+1/t24-,25+,27?,28+,29+,31?,32-,33+/m0/s1. The number of hydrogen-bond acceptors (Lipinski definition) is 8. The molecule has 0 bridgehead atoms. The van der Waals surface area contributed by atoms with Crippen LogP contribution in [0.5, 0.6) is 0 Å². The van der Waals surface area contributed by atoms with Gasteiger partial charge in [-0.2, -0.15) is 4.89 Å². The highest BCUT2D eigenvalue weighted by molar-refractivity contribution is 7.38. The molecule has 0 aromatic heterocycles. The number of benzene rings is 1. The van der Waals surface area contributed by atoms with Crippen molar-refractivity contribution in [2.75, 3.05) is 27.8 Å². The van der Waals surface area contributed by atoms with Crippen LogP contribution in [0.4, 0.5) is 4.79 Å². The number of methoxy groups -OCH3 is 2. The number of carbonyl (C=O) groups is 4. The van der Waals surface area contributed by atoms with Crippen LogP contribution in [0.15, 0.2) is 30.3 Å². The summed E-state index contributed by atoms with van der Waals surface area (Å²) < 4.78 is 29.4. The van der Waals surface area contributed by atoms with Crippen molar-refractivity contribution in [2.24, 2.45) is 17.8 Å². The van der Waals surface area contributed by atoms with E-state index < -0.39 is 67.7 Å². The fourth-order valence-electron chi connectivity index (χ4n) is 6.79. The molecule has 0 aliphatic carbocycles. The minimum absolute atomic E-state index is 0.0212. The van der Waals surface area contributed by atoms with Crippen LogP contribution in [0.2, 0.25) is 0 Å². The van der Waals surface area contributed by atoms with Crippen LogP contribution in [0.1, 0.15) is 86.6 Å². The lowest BCUT2D eigenvalue weighted by Gasteiger charge is -2.40. The van der Waals surface area contributed by atoms with Gasteiger partial charge in [0, 0.05) is 34.2 Å². The Morgan fingerprint density at radius 1 is 1.04 bits per heavy atom. The molecule has 0 radical (unpaired) electrons. The first-order valence-electron chi connectivity index (χ1n) is 18.0. The average Bonchev–Trinajstić information content (AvgIpc) is 3.55. The predicted octanol–water partition coefficient (Wildman–Crippen LogP) is 4.88. The van der Waals surface area contributed by atoms with Crippen molar-refractivity contribution < 1.29 is 42.8 Å². The number of rotatable bonds is 18. The zero-order valence-corrected chi connectivity index (χ0v) is 33.3. The van der Waals surface area contributed by atoms with Crippen LogP contribution in [-0.4, -0.2) is 108 Å². The van der Waals surface area contributed by atoms with Gasteiger partial charge < -0.3 is 34.6 Å². The predicted molar refractivity (Wildman–Crippen MR) is 196 cm³/mol. The van der Waals surface area contributed by atoms with Gasteiger partial charge in [-0.25, -0.2) is 4.79 Å². The van der Waals surface area contributed by atoms with E-state index in [1.54, 1.807) is 44.5 Å². The molecule has 1 heterocycles. The smallest absolute Gasteiger partial charge is 0.444 e. The summed E-state index contributed by atoms with van der Waals surface area (Å²) >= 11 is 0. The Morgan fingerprint density at radius 3 is 2.18 bits per heavy atom. The van der Waals surface area contributed by atoms with Crippen molar-refractivity contribution >= 4 is 31.8 Å². The number of carbonyl (C=O) groups excluding carboxylic acids is 4. The fourth-order valence-corrected chi connectivity index (χ4v) is 7.40. The second kappa shape index (κ2) is 20.2. The third kappa shape index (κ3) is 12.8. The molecule has 0 spiro atoms. The molecule has 14 heteroatoms.